The van der Waals surface area contributed by atoms with E-state index in [0.717, 1.165) is 38.5 Å². The van der Waals surface area contributed by atoms with Crippen LogP contribution in [0.25, 0.3) is 0 Å². The minimum atomic E-state index is -0.170. The largest absolute Gasteiger partial charge is 0.497 e. The molecule has 0 aromatic heterocycles. The van der Waals surface area contributed by atoms with Gasteiger partial charge in [-0.05, 0) is 42.5 Å². The molecule has 0 atom stereocenters. The highest BCUT2D eigenvalue weighted by atomic mass is 35.5. The molecule has 0 bridgehead atoms. The van der Waals surface area contributed by atoms with Gasteiger partial charge in [0.1, 0.15) is 11.5 Å². The molecule has 0 spiro atoms. The Balaban J connectivity index is 1.44. The van der Waals surface area contributed by atoms with E-state index in [1.54, 1.807) is 32.4 Å². The van der Waals surface area contributed by atoms with Gasteiger partial charge in [-0.3, -0.25) is 9.69 Å². The van der Waals surface area contributed by atoms with Crippen molar-refractivity contribution in [1.82, 2.24) is 10.2 Å². The molecule has 1 fully saturated rings. The van der Waals surface area contributed by atoms with Crippen molar-refractivity contribution in [2.45, 2.75) is 0 Å². The zero-order chi connectivity index (χ0) is 19.9. The first-order valence-corrected chi connectivity index (χ1v) is 9.71. The summed E-state index contributed by atoms with van der Waals surface area (Å²) >= 11 is 6.00. The van der Waals surface area contributed by atoms with E-state index in [-0.39, 0.29) is 5.91 Å². The second kappa shape index (κ2) is 9.66. The molecule has 1 heterocycles. The van der Waals surface area contributed by atoms with Crippen molar-refractivity contribution in [2.24, 2.45) is 0 Å². The third-order valence-corrected chi connectivity index (χ3v) is 5.16. The lowest BCUT2D eigenvalue weighted by Crippen LogP contribution is -2.48. The van der Waals surface area contributed by atoms with Crippen LogP contribution in [0.3, 0.4) is 0 Å². The molecular formula is C21H26ClN3O3. The fourth-order valence-corrected chi connectivity index (χ4v) is 3.48. The van der Waals surface area contributed by atoms with Crippen LogP contribution in [0.2, 0.25) is 5.02 Å². The maximum absolute atomic E-state index is 12.4. The first kappa shape index (κ1) is 20.3. The molecule has 3 rings (SSSR count). The summed E-state index contributed by atoms with van der Waals surface area (Å²) in [6.45, 7) is 5.23. The normalized spacial score (nSPS) is 14.6. The SMILES string of the molecule is COc1ccc(N2CCN(CCNC(=O)c3cc(Cl)ccc3OC)CC2)cc1. The van der Waals surface area contributed by atoms with Crippen molar-refractivity contribution in [2.75, 3.05) is 58.4 Å². The smallest absolute Gasteiger partial charge is 0.255 e. The van der Waals surface area contributed by atoms with Gasteiger partial charge in [-0.1, -0.05) is 11.6 Å². The Morgan fingerprint density at radius 2 is 1.75 bits per heavy atom. The van der Waals surface area contributed by atoms with E-state index in [1.807, 2.05) is 12.1 Å². The molecule has 0 saturated carbocycles. The molecule has 0 aliphatic carbocycles. The number of methoxy groups -OCH3 is 2. The number of halogens is 1. The fraction of sp³-hybridized carbons (Fsp3) is 0.381. The number of hydrogen-bond donors (Lipinski definition) is 1. The van der Waals surface area contributed by atoms with E-state index < -0.39 is 0 Å². The Kier molecular flexibility index (Phi) is 7.01. The summed E-state index contributed by atoms with van der Waals surface area (Å²) in [5, 5.41) is 3.47. The summed E-state index contributed by atoms with van der Waals surface area (Å²) in [7, 11) is 3.22. The number of carbonyl (C=O) groups is 1. The van der Waals surface area contributed by atoms with Gasteiger partial charge < -0.3 is 19.7 Å². The van der Waals surface area contributed by atoms with Crippen LogP contribution in [0.1, 0.15) is 10.4 Å². The van der Waals surface area contributed by atoms with Crippen LogP contribution in [0, 0.1) is 0 Å². The summed E-state index contributed by atoms with van der Waals surface area (Å²) in [4.78, 5) is 17.1. The average Bonchev–Trinajstić information content (AvgIpc) is 2.74. The van der Waals surface area contributed by atoms with Crippen molar-refractivity contribution in [3.8, 4) is 11.5 Å². The van der Waals surface area contributed by atoms with Crippen LogP contribution >= 0.6 is 11.6 Å². The predicted octanol–water partition coefficient (Wildman–Crippen LogP) is 2.91. The van der Waals surface area contributed by atoms with Crippen molar-refractivity contribution < 1.29 is 14.3 Å². The van der Waals surface area contributed by atoms with Gasteiger partial charge in [-0.25, -0.2) is 0 Å². The molecule has 150 valence electrons. The summed E-state index contributed by atoms with van der Waals surface area (Å²) in [6, 6.07) is 13.2. The van der Waals surface area contributed by atoms with Crippen molar-refractivity contribution in [3.05, 3.63) is 53.1 Å². The van der Waals surface area contributed by atoms with Crippen molar-refractivity contribution in [3.63, 3.8) is 0 Å². The van der Waals surface area contributed by atoms with Crippen LogP contribution in [-0.2, 0) is 0 Å². The summed E-state index contributed by atoms with van der Waals surface area (Å²) in [5.41, 5.74) is 1.67. The van der Waals surface area contributed by atoms with E-state index in [1.165, 1.54) is 5.69 Å². The van der Waals surface area contributed by atoms with Gasteiger partial charge in [-0.15, -0.1) is 0 Å². The Morgan fingerprint density at radius 1 is 1.04 bits per heavy atom. The Morgan fingerprint density at radius 3 is 2.39 bits per heavy atom. The number of amides is 1. The van der Waals surface area contributed by atoms with Crippen LogP contribution in [0.4, 0.5) is 5.69 Å². The van der Waals surface area contributed by atoms with E-state index in [0.29, 0.717) is 22.9 Å². The third-order valence-electron chi connectivity index (χ3n) is 4.93. The number of nitrogens with zero attached hydrogens (tertiary/aromatic N) is 2. The number of rotatable bonds is 7. The van der Waals surface area contributed by atoms with E-state index in [2.05, 4.69) is 27.2 Å². The van der Waals surface area contributed by atoms with E-state index >= 15 is 0 Å². The van der Waals surface area contributed by atoms with Gasteiger partial charge in [0.05, 0.1) is 19.8 Å². The summed E-state index contributed by atoms with van der Waals surface area (Å²) < 4.78 is 10.5. The Labute approximate surface area is 171 Å². The van der Waals surface area contributed by atoms with Gasteiger partial charge in [0, 0.05) is 50.0 Å². The number of hydrogen-bond acceptors (Lipinski definition) is 5. The second-order valence-corrected chi connectivity index (χ2v) is 7.06. The number of ether oxygens (including phenoxy) is 2. The molecule has 2 aromatic rings. The van der Waals surface area contributed by atoms with Crippen LogP contribution < -0.4 is 19.7 Å². The molecule has 1 aliphatic heterocycles. The van der Waals surface area contributed by atoms with E-state index in [4.69, 9.17) is 21.1 Å². The third kappa shape index (κ3) is 5.09. The number of nitrogens with one attached hydrogen (secondary N) is 1. The lowest BCUT2D eigenvalue weighted by molar-refractivity contribution is 0.0944. The molecule has 7 heteroatoms. The van der Waals surface area contributed by atoms with Crippen LogP contribution in [0.15, 0.2) is 42.5 Å². The monoisotopic (exact) mass is 403 g/mol. The molecular weight excluding hydrogens is 378 g/mol. The Bertz CT molecular complexity index is 790. The standard InChI is InChI=1S/C21H26ClN3O3/c1-27-18-6-4-17(5-7-18)25-13-11-24(12-14-25)10-9-23-21(26)19-15-16(22)3-8-20(19)28-2/h3-8,15H,9-14H2,1-2H3,(H,23,26). The molecule has 0 radical (unpaired) electrons. The van der Waals surface area contributed by atoms with E-state index in [9.17, 15) is 4.79 Å². The second-order valence-electron chi connectivity index (χ2n) is 6.63. The first-order valence-electron chi connectivity index (χ1n) is 9.34. The fourth-order valence-electron chi connectivity index (χ4n) is 3.30. The average molecular weight is 404 g/mol. The van der Waals surface area contributed by atoms with Gasteiger partial charge in [-0.2, -0.15) is 0 Å². The van der Waals surface area contributed by atoms with Gasteiger partial charge in [0.15, 0.2) is 0 Å². The summed E-state index contributed by atoms with van der Waals surface area (Å²) in [6.07, 6.45) is 0. The minimum Gasteiger partial charge on any atom is -0.497 e. The van der Waals surface area contributed by atoms with Gasteiger partial charge in [0.2, 0.25) is 0 Å². The van der Waals surface area contributed by atoms with Gasteiger partial charge in [0.25, 0.3) is 5.91 Å². The molecule has 1 aliphatic rings. The van der Waals surface area contributed by atoms with Crippen molar-refractivity contribution >= 4 is 23.2 Å². The molecule has 1 saturated heterocycles. The molecule has 1 N–H and O–H groups in total. The maximum Gasteiger partial charge on any atom is 0.255 e. The highest BCUT2D eigenvalue weighted by Crippen LogP contribution is 2.22. The number of piperazine rings is 1. The minimum absolute atomic E-state index is 0.170. The maximum atomic E-state index is 12.4. The predicted molar refractivity (Wildman–Crippen MR) is 112 cm³/mol. The lowest BCUT2D eigenvalue weighted by atomic mass is 10.2. The highest BCUT2D eigenvalue weighted by molar-refractivity contribution is 6.31. The number of benzene rings is 2. The quantitative estimate of drug-likeness (QED) is 0.770. The lowest BCUT2D eigenvalue weighted by Gasteiger charge is -2.36. The number of carbonyl (C=O) groups excluding carboxylic acids is 1. The summed E-state index contributed by atoms with van der Waals surface area (Å²) in [5.74, 6) is 1.22. The van der Waals surface area contributed by atoms with Crippen LogP contribution in [-0.4, -0.2) is 64.3 Å². The molecule has 2 aromatic carbocycles. The molecule has 0 unspecified atom stereocenters. The molecule has 6 nitrogen and oxygen atoms in total. The molecule has 28 heavy (non-hydrogen) atoms. The molecule has 1 amide bonds. The highest BCUT2D eigenvalue weighted by Gasteiger charge is 2.18. The first-order chi connectivity index (χ1) is 13.6. The zero-order valence-corrected chi connectivity index (χ0v) is 17.0. The van der Waals surface area contributed by atoms with Crippen molar-refractivity contribution in [1.29, 1.82) is 0 Å². The zero-order valence-electron chi connectivity index (χ0n) is 16.3. The van der Waals surface area contributed by atoms with Gasteiger partial charge >= 0.3 is 0 Å². The van der Waals surface area contributed by atoms with Crippen LogP contribution in [0.5, 0.6) is 11.5 Å². The number of anilines is 1. The Hall–Kier alpha value is -2.44. The topological polar surface area (TPSA) is 54.0 Å².